The second-order valence-corrected chi connectivity index (χ2v) is 5.49. The summed E-state index contributed by atoms with van der Waals surface area (Å²) >= 11 is 0. The number of rotatable bonds is 7. The molecule has 0 saturated carbocycles. The molecule has 0 spiro atoms. The lowest BCUT2D eigenvalue weighted by molar-refractivity contribution is -0.127. The highest BCUT2D eigenvalue weighted by Gasteiger charge is 2.20. The summed E-state index contributed by atoms with van der Waals surface area (Å²) in [6, 6.07) is 8.89. The molecule has 0 radical (unpaired) electrons. The Labute approximate surface area is 143 Å². The summed E-state index contributed by atoms with van der Waals surface area (Å²) in [6.07, 6.45) is -0.132. The first-order valence-electron chi connectivity index (χ1n) is 7.54. The number of carbonyl (C=O) groups is 2. The lowest BCUT2D eigenvalue weighted by atomic mass is 10.0. The number of halogens is 2. The van der Waals surface area contributed by atoms with Gasteiger partial charge in [0.05, 0.1) is 13.5 Å². The van der Waals surface area contributed by atoms with E-state index in [1.165, 1.54) is 7.11 Å². The summed E-state index contributed by atoms with van der Waals surface area (Å²) in [7, 11) is 1.50. The molecule has 3 N–H and O–H groups in total. The highest BCUT2D eigenvalue weighted by molar-refractivity contribution is 5.87. The van der Waals surface area contributed by atoms with Gasteiger partial charge in [-0.3, -0.25) is 9.59 Å². The van der Waals surface area contributed by atoms with E-state index in [-0.39, 0.29) is 18.4 Å². The Morgan fingerprint density at radius 2 is 1.80 bits per heavy atom. The minimum absolute atomic E-state index is 0.141. The average Bonchev–Trinajstić information content (AvgIpc) is 2.53. The summed E-state index contributed by atoms with van der Waals surface area (Å²) in [5, 5.41) is 2.49. The zero-order valence-electron chi connectivity index (χ0n) is 13.6. The van der Waals surface area contributed by atoms with Gasteiger partial charge in [0.1, 0.15) is 23.4 Å². The number of hydrogen-bond acceptors (Lipinski definition) is 3. The van der Waals surface area contributed by atoms with Crippen molar-refractivity contribution in [2.24, 2.45) is 5.73 Å². The summed E-state index contributed by atoms with van der Waals surface area (Å²) in [5.74, 6) is -2.27. The molecule has 0 aliphatic rings. The predicted molar refractivity (Wildman–Crippen MR) is 87.9 cm³/mol. The van der Waals surface area contributed by atoms with Crippen molar-refractivity contribution >= 4 is 11.8 Å². The first-order valence-corrected chi connectivity index (χ1v) is 7.54. The Morgan fingerprint density at radius 1 is 1.16 bits per heavy atom. The Balaban J connectivity index is 2.08. The van der Waals surface area contributed by atoms with Crippen molar-refractivity contribution in [1.82, 2.24) is 5.32 Å². The number of primary amides is 1. The SMILES string of the molecule is COc1ccccc1C[C@H](NC(=O)Cc1cc(F)cc(F)c1)C(N)=O. The molecule has 0 heterocycles. The molecule has 0 aliphatic heterocycles. The first kappa shape index (κ1) is 18.4. The topological polar surface area (TPSA) is 81.4 Å². The van der Waals surface area contributed by atoms with Gasteiger partial charge in [-0.1, -0.05) is 18.2 Å². The molecule has 0 unspecified atom stereocenters. The number of hydrogen-bond donors (Lipinski definition) is 2. The van der Waals surface area contributed by atoms with Gasteiger partial charge in [0.15, 0.2) is 0 Å². The number of methoxy groups -OCH3 is 1. The van der Waals surface area contributed by atoms with Crippen LogP contribution in [0.2, 0.25) is 0 Å². The van der Waals surface area contributed by atoms with Gasteiger partial charge in [-0.25, -0.2) is 8.78 Å². The number of ether oxygens (including phenoxy) is 1. The van der Waals surface area contributed by atoms with E-state index in [2.05, 4.69) is 5.32 Å². The standard InChI is InChI=1S/C18H18F2N2O3/c1-25-16-5-3-2-4-12(16)9-15(18(21)24)22-17(23)8-11-6-13(19)10-14(20)7-11/h2-7,10,15H,8-9H2,1H3,(H2,21,24)(H,22,23)/t15-/m0/s1. The van der Waals surface area contributed by atoms with Gasteiger partial charge in [0.25, 0.3) is 0 Å². The van der Waals surface area contributed by atoms with E-state index < -0.39 is 29.5 Å². The van der Waals surface area contributed by atoms with Crippen LogP contribution >= 0.6 is 0 Å². The molecular formula is C18H18F2N2O3. The maximum Gasteiger partial charge on any atom is 0.240 e. The van der Waals surface area contributed by atoms with Crippen LogP contribution in [0.1, 0.15) is 11.1 Å². The van der Waals surface area contributed by atoms with Gasteiger partial charge in [0, 0.05) is 12.5 Å². The van der Waals surface area contributed by atoms with Gasteiger partial charge in [-0.05, 0) is 29.3 Å². The van der Waals surface area contributed by atoms with Gasteiger partial charge in [-0.15, -0.1) is 0 Å². The van der Waals surface area contributed by atoms with Gasteiger partial charge < -0.3 is 15.8 Å². The van der Waals surface area contributed by atoms with Crippen LogP contribution in [0.3, 0.4) is 0 Å². The average molecular weight is 348 g/mol. The quantitative estimate of drug-likeness (QED) is 0.800. The van der Waals surface area contributed by atoms with Gasteiger partial charge in [0.2, 0.25) is 11.8 Å². The lowest BCUT2D eigenvalue weighted by Crippen LogP contribution is -2.46. The molecule has 7 heteroatoms. The van der Waals surface area contributed by atoms with Crippen LogP contribution in [0.25, 0.3) is 0 Å². The zero-order chi connectivity index (χ0) is 18.4. The van der Waals surface area contributed by atoms with Crippen LogP contribution < -0.4 is 15.8 Å². The van der Waals surface area contributed by atoms with E-state index in [9.17, 15) is 18.4 Å². The molecule has 1 atom stereocenters. The van der Waals surface area contributed by atoms with Crippen LogP contribution in [0.15, 0.2) is 42.5 Å². The van der Waals surface area contributed by atoms with Crippen molar-refractivity contribution in [2.75, 3.05) is 7.11 Å². The van der Waals surface area contributed by atoms with Crippen molar-refractivity contribution in [2.45, 2.75) is 18.9 Å². The van der Waals surface area contributed by atoms with E-state index in [0.29, 0.717) is 11.3 Å². The fourth-order valence-corrected chi connectivity index (χ4v) is 2.46. The third kappa shape index (κ3) is 5.27. The molecule has 0 fully saturated rings. The molecule has 25 heavy (non-hydrogen) atoms. The fourth-order valence-electron chi connectivity index (χ4n) is 2.46. The molecule has 2 amide bonds. The van der Waals surface area contributed by atoms with Crippen LogP contribution in [-0.4, -0.2) is 25.0 Å². The van der Waals surface area contributed by atoms with E-state index in [0.717, 1.165) is 18.2 Å². The second-order valence-electron chi connectivity index (χ2n) is 5.49. The van der Waals surface area contributed by atoms with Crippen molar-refractivity contribution in [3.63, 3.8) is 0 Å². The number of carbonyl (C=O) groups excluding carboxylic acids is 2. The van der Waals surface area contributed by atoms with Gasteiger partial charge in [-0.2, -0.15) is 0 Å². The molecule has 0 bridgehead atoms. The monoisotopic (exact) mass is 348 g/mol. The predicted octanol–water partition coefficient (Wildman–Crippen LogP) is 1.73. The summed E-state index contributed by atoms with van der Waals surface area (Å²) in [6.45, 7) is 0. The number of nitrogens with one attached hydrogen (secondary N) is 1. The Bertz CT molecular complexity index is 760. The molecule has 132 valence electrons. The summed E-state index contributed by atoms with van der Waals surface area (Å²) < 4.78 is 31.6. The molecular weight excluding hydrogens is 330 g/mol. The van der Waals surface area contributed by atoms with Crippen molar-refractivity contribution in [3.05, 3.63) is 65.2 Å². The number of para-hydroxylation sites is 1. The molecule has 2 aromatic rings. The van der Waals surface area contributed by atoms with E-state index in [4.69, 9.17) is 10.5 Å². The molecule has 2 rings (SSSR count). The highest BCUT2D eigenvalue weighted by atomic mass is 19.1. The minimum Gasteiger partial charge on any atom is -0.496 e. The van der Waals surface area contributed by atoms with E-state index >= 15 is 0 Å². The summed E-state index contributed by atoms with van der Waals surface area (Å²) in [5.41, 5.74) is 6.21. The number of amides is 2. The molecule has 0 saturated heterocycles. The van der Waals surface area contributed by atoms with Crippen LogP contribution in [0.5, 0.6) is 5.75 Å². The van der Waals surface area contributed by atoms with Crippen molar-refractivity contribution in [1.29, 1.82) is 0 Å². The normalized spacial score (nSPS) is 11.6. The molecule has 0 aromatic heterocycles. The fraction of sp³-hybridized carbons (Fsp3) is 0.222. The van der Waals surface area contributed by atoms with E-state index in [1.807, 2.05) is 0 Å². The minimum atomic E-state index is -0.970. The summed E-state index contributed by atoms with van der Waals surface area (Å²) in [4.78, 5) is 23.7. The van der Waals surface area contributed by atoms with Crippen molar-refractivity contribution in [3.8, 4) is 5.75 Å². The molecule has 2 aromatic carbocycles. The number of nitrogens with two attached hydrogens (primary N) is 1. The lowest BCUT2D eigenvalue weighted by Gasteiger charge is -2.17. The highest BCUT2D eigenvalue weighted by Crippen LogP contribution is 2.19. The third-order valence-corrected chi connectivity index (χ3v) is 3.58. The maximum absolute atomic E-state index is 13.2. The smallest absolute Gasteiger partial charge is 0.240 e. The van der Waals surface area contributed by atoms with Crippen LogP contribution in [0.4, 0.5) is 8.78 Å². The largest absolute Gasteiger partial charge is 0.496 e. The number of benzene rings is 2. The first-order chi connectivity index (χ1) is 11.9. The zero-order valence-corrected chi connectivity index (χ0v) is 13.6. The Hall–Kier alpha value is -2.96. The van der Waals surface area contributed by atoms with Crippen molar-refractivity contribution < 1.29 is 23.1 Å². The Morgan fingerprint density at radius 3 is 2.40 bits per heavy atom. The van der Waals surface area contributed by atoms with Crippen LogP contribution in [0, 0.1) is 11.6 Å². The Kier molecular flexibility index (Phi) is 6.05. The molecule has 0 aliphatic carbocycles. The van der Waals surface area contributed by atoms with Gasteiger partial charge >= 0.3 is 0 Å². The molecule has 5 nitrogen and oxygen atoms in total. The van der Waals surface area contributed by atoms with Crippen LogP contribution in [-0.2, 0) is 22.4 Å². The van der Waals surface area contributed by atoms with E-state index in [1.54, 1.807) is 24.3 Å². The third-order valence-electron chi connectivity index (χ3n) is 3.58. The second kappa shape index (κ2) is 8.23. The maximum atomic E-state index is 13.2.